The summed E-state index contributed by atoms with van der Waals surface area (Å²) in [6.07, 6.45) is 2.52. The molecule has 0 aromatic rings. The Balaban J connectivity index is 0.00000121. The minimum atomic E-state index is 0. The van der Waals surface area contributed by atoms with Crippen LogP contribution in [0.4, 0.5) is 0 Å². The first-order valence-electron chi connectivity index (χ1n) is 4.46. The zero-order chi connectivity index (χ0) is 8.32. The van der Waals surface area contributed by atoms with Gasteiger partial charge in [-0.15, -0.1) is 0 Å². The summed E-state index contributed by atoms with van der Waals surface area (Å²) >= 11 is 0. The predicted octanol–water partition coefficient (Wildman–Crippen LogP) is -1.88. The molecule has 0 radical (unpaired) electrons. The van der Waals surface area contributed by atoms with Crippen molar-refractivity contribution >= 4 is 0 Å². The SMILES string of the molecule is C[N+](C)(C)CC1CCOCC1.[I-]. The maximum absolute atomic E-state index is 5.31. The molecule has 0 spiro atoms. The molecular formula is C9H20INO. The molecule has 0 saturated carbocycles. The lowest BCUT2D eigenvalue weighted by Gasteiger charge is -2.31. The highest BCUT2D eigenvalue weighted by Gasteiger charge is 2.20. The van der Waals surface area contributed by atoms with Gasteiger partial charge in [0.2, 0.25) is 0 Å². The van der Waals surface area contributed by atoms with Gasteiger partial charge in [-0.05, 0) is 12.8 Å². The average molecular weight is 285 g/mol. The third-order valence-corrected chi connectivity index (χ3v) is 2.15. The lowest BCUT2D eigenvalue weighted by molar-refractivity contribution is -0.874. The van der Waals surface area contributed by atoms with Gasteiger partial charge >= 0.3 is 0 Å². The molecule has 0 aromatic carbocycles. The van der Waals surface area contributed by atoms with E-state index in [1.54, 1.807) is 0 Å². The number of rotatable bonds is 2. The molecule has 2 nitrogen and oxygen atoms in total. The van der Waals surface area contributed by atoms with Crippen molar-refractivity contribution in [3.63, 3.8) is 0 Å². The van der Waals surface area contributed by atoms with Crippen LogP contribution in [0, 0.1) is 5.92 Å². The molecule has 74 valence electrons. The fourth-order valence-electron chi connectivity index (χ4n) is 1.70. The minimum Gasteiger partial charge on any atom is -1.00 e. The average Bonchev–Trinajstić information content (AvgIpc) is 1.85. The van der Waals surface area contributed by atoms with Gasteiger partial charge in [0, 0.05) is 19.1 Å². The zero-order valence-electron chi connectivity index (χ0n) is 8.35. The minimum absolute atomic E-state index is 0. The van der Waals surface area contributed by atoms with Gasteiger partial charge in [0.25, 0.3) is 0 Å². The molecule has 0 N–H and O–H groups in total. The maximum Gasteiger partial charge on any atom is 0.0810 e. The van der Waals surface area contributed by atoms with E-state index in [0.717, 1.165) is 23.6 Å². The monoisotopic (exact) mass is 285 g/mol. The van der Waals surface area contributed by atoms with Crippen LogP contribution in [0.15, 0.2) is 0 Å². The second kappa shape index (κ2) is 5.40. The van der Waals surface area contributed by atoms with Crippen LogP contribution in [0.1, 0.15) is 12.8 Å². The lowest BCUT2D eigenvalue weighted by Crippen LogP contribution is -3.00. The van der Waals surface area contributed by atoms with Crippen molar-refractivity contribution in [2.24, 2.45) is 5.92 Å². The van der Waals surface area contributed by atoms with Gasteiger partial charge in [-0.3, -0.25) is 0 Å². The summed E-state index contributed by atoms with van der Waals surface area (Å²) < 4.78 is 6.40. The van der Waals surface area contributed by atoms with E-state index in [1.807, 2.05) is 0 Å². The molecule has 0 amide bonds. The van der Waals surface area contributed by atoms with E-state index >= 15 is 0 Å². The summed E-state index contributed by atoms with van der Waals surface area (Å²) in [5, 5.41) is 0. The topological polar surface area (TPSA) is 9.23 Å². The van der Waals surface area contributed by atoms with Crippen LogP contribution in [0.5, 0.6) is 0 Å². The van der Waals surface area contributed by atoms with Crippen molar-refractivity contribution < 1.29 is 33.2 Å². The molecule has 0 unspecified atom stereocenters. The van der Waals surface area contributed by atoms with Crippen molar-refractivity contribution in [3.05, 3.63) is 0 Å². The first-order valence-corrected chi connectivity index (χ1v) is 4.46. The summed E-state index contributed by atoms with van der Waals surface area (Å²) in [5.41, 5.74) is 0. The van der Waals surface area contributed by atoms with E-state index in [1.165, 1.54) is 19.4 Å². The second-order valence-electron chi connectivity index (χ2n) is 4.53. The second-order valence-corrected chi connectivity index (χ2v) is 4.53. The summed E-state index contributed by atoms with van der Waals surface area (Å²) in [5.74, 6) is 0.892. The van der Waals surface area contributed by atoms with Gasteiger partial charge in [0.05, 0.1) is 27.7 Å². The summed E-state index contributed by atoms with van der Waals surface area (Å²) in [4.78, 5) is 0. The summed E-state index contributed by atoms with van der Waals surface area (Å²) in [7, 11) is 6.78. The summed E-state index contributed by atoms with van der Waals surface area (Å²) in [6, 6.07) is 0. The summed E-state index contributed by atoms with van der Waals surface area (Å²) in [6.45, 7) is 3.25. The zero-order valence-corrected chi connectivity index (χ0v) is 10.5. The van der Waals surface area contributed by atoms with Crippen LogP contribution in [0.25, 0.3) is 0 Å². The predicted molar refractivity (Wildman–Crippen MR) is 46.4 cm³/mol. The molecule has 1 rings (SSSR count). The number of quaternary nitrogens is 1. The van der Waals surface area contributed by atoms with E-state index in [0.29, 0.717) is 0 Å². The van der Waals surface area contributed by atoms with Gasteiger partial charge in [-0.2, -0.15) is 0 Å². The van der Waals surface area contributed by atoms with Crippen LogP contribution in [-0.2, 0) is 4.74 Å². The fraction of sp³-hybridized carbons (Fsp3) is 1.00. The Labute approximate surface area is 92.9 Å². The molecule has 0 aliphatic carbocycles. The van der Waals surface area contributed by atoms with Crippen molar-refractivity contribution in [2.45, 2.75) is 12.8 Å². The van der Waals surface area contributed by atoms with Gasteiger partial charge in [0.15, 0.2) is 0 Å². The van der Waals surface area contributed by atoms with Crippen molar-refractivity contribution in [1.29, 1.82) is 0 Å². The number of nitrogens with zero attached hydrogens (tertiary/aromatic N) is 1. The molecular weight excluding hydrogens is 265 g/mol. The normalized spacial score (nSPS) is 20.2. The van der Waals surface area contributed by atoms with Crippen LogP contribution >= 0.6 is 0 Å². The fourth-order valence-corrected chi connectivity index (χ4v) is 1.70. The molecule has 1 aliphatic heterocycles. The van der Waals surface area contributed by atoms with Crippen LogP contribution in [-0.4, -0.2) is 45.4 Å². The van der Waals surface area contributed by atoms with Crippen molar-refractivity contribution in [2.75, 3.05) is 40.9 Å². The van der Waals surface area contributed by atoms with E-state index in [9.17, 15) is 0 Å². The molecule has 12 heavy (non-hydrogen) atoms. The Morgan fingerprint density at radius 2 is 1.67 bits per heavy atom. The van der Waals surface area contributed by atoms with E-state index < -0.39 is 0 Å². The standard InChI is InChI=1S/C9H20NO.HI/c1-10(2,3)8-9-4-6-11-7-5-9;/h9H,4-8H2,1-3H3;1H/q+1;/p-1. The molecule has 0 bridgehead atoms. The highest BCUT2D eigenvalue weighted by Crippen LogP contribution is 2.16. The number of halogens is 1. The van der Waals surface area contributed by atoms with Gasteiger partial charge in [-0.25, -0.2) is 0 Å². The number of hydrogen-bond acceptors (Lipinski definition) is 1. The molecule has 1 heterocycles. The smallest absolute Gasteiger partial charge is 0.0810 e. The Morgan fingerprint density at radius 3 is 2.08 bits per heavy atom. The van der Waals surface area contributed by atoms with E-state index in [2.05, 4.69) is 21.1 Å². The first-order chi connectivity index (χ1) is 5.08. The molecule has 1 aliphatic rings. The van der Waals surface area contributed by atoms with Crippen LogP contribution in [0.3, 0.4) is 0 Å². The third-order valence-electron chi connectivity index (χ3n) is 2.15. The van der Waals surface area contributed by atoms with Crippen LogP contribution in [0.2, 0.25) is 0 Å². The molecule has 3 heteroatoms. The highest BCUT2D eigenvalue weighted by molar-refractivity contribution is 4.61. The quantitative estimate of drug-likeness (QED) is 0.426. The van der Waals surface area contributed by atoms with Crippen molar-refractivity contribution in [1.82, 2.24) is 0 Å². The number of ether oxygens (including phenoxy) is 1. The Bertz CT molecular complexity index is 116. The van der Waals surface area contributed by atoms with Crippen LogP contribution < -0.4 is 24.0 Å². The third kappa shape index (κ3) is 5.32. The van der Waals surface area contributed by atoms with Gasteiger partial charge in [-0.1, -0.05) is 0 Å². The van der Waals surface area contributed by atoms with E-state index in [-0.39, 0.29) is 24.0 Å². The highest BCUT2D eigenvalue weighted by atomic mass is 127. The Hall–Kier alpha value is 0.650. The van der Waals surface area contributed by atoms with Gasteiger partial charge < -0.3 is 33.2 Å². The molecule has 0 atom stereocenters. The van der Waals surface area contributed by atoms with E-state index in [4.69, 9.17) is 4.74 Å². The largest absolute Gasteiger partial charge is 1.00 e. The first kappa shape index (κ1) is 12.7. The van der Waals surface area contributed by atoms with Crippen molar-refractivity contribution in [3.8, 4) is 0 Å². The Kier molecular flexibility index (Phi) is 5.69. The van der Waals surface area contributed by atoms with Gasteiger partial charge in [0.1, 0.15) is 0 Å². The lowest BCUT2D eigenvalue weighted by atomic mass is 9.99. The molecule has 0 aromatic heterocycles. The maximum atomic E-state index is 5.31. The molecule has 1 saturated heterocycles. The number of hydrogen-bond donors (Lipinski definition) is 0. The molecule has 1 fully saturated rings. The Morgan fingerprint density at radius 1 is 1.17 bits per heavy atom.